The third kappa shape index (κ3) is 4.87. The Morgan fingerprint density at radius 2 is 2.06 bits per heavy atom. The molecule has 4 heteroatoms. The Morgan fingerprint density at radius 1 is 1.41 bits per heavy atom. The van der Waals surface area contributed by atoms with Gasteiger partial charge >= 0.3 is 0 Å². The van der Waals surface area contributed by atoms with Crippen molar-refractivity contribution < 1.29 is 9.53 Å². The van der Waals surface area contributed by atoms with Crippen LogP contribution in [0.5, 0.6) is 5.75 Å². The number of carbonyl (C=O) groups excluding carboxylic acids is 1. The quantitative estimate of drug-likeness (QED) is 0.748. The van der Waals surface area contributed by atoms with E-state index in [9.17, 15) is 4.79 Å². The number of hydrogen-bond donors (Lipinski definition) is 2. The van der Waals surface area contributed by atoms with E-state index in [1.807, 2.05) is 38.1 Å². The zero-order chi connectivity index (χ0) is 12.7. The van der Waals surface area contributed by atoms with Crippen molar-refractivity contribution in [2.24, 2.45) is 5.73 Å². The van der Waals surface area contributed by atoms with E-state index < -0.39 is 0 Å². The number of nitrogens with two attached hydrogens (primary N) is 1. The molecule has 0 saturated carbocycles. The summed E-state index contributed by atoms with van der Waals surface area (Å²) in [5, 5.41) is 3.02. The van der Waals surface area contributed by atoms with Gasteiger partial charge in [-0.15, -0.1) is 0 Å². The lowest BCUT2D eigenvalue weighted by molar-refractivity contribution is -0.120. The van der Waals surface area contributed by atoms with Crippen LogP contribution in [0, 0.1) is 6.92 Å². The Balaban J connectivity index is 2.35. The lowest BCUT2D eigenvalue weighted by Gasteiger charge is -2.14. The first-order chi connectivity index (χ1) is 8.13. The maximum Gasteiger partial charge on any atom is 0.234 e. The lowest BCUT2D eigenvalue weighted by Crippen LogP contribution is -2.42. The average molecular weight is 236 g/mol. The number of benzene rings is 1. The van der Waals surface area contributed by atoms with Crippen LogP contribution in [0.25, 0.3) is 0 Å². The van der Waals surface area contributed by atoms with Gasteiger partial charge < -0.3 is 15.8 Å². The Kier molecular flexibility index (Phi) is 5.49. The molecule has 1 aromatic rings. The molecular weight excluding hydrogens is 216 g/mol. The van der Waals surface area contributed by atoms with Crippen LogP contribution in [0.4, 0.5) is 0 Å². The van der Waals surface area contributed by atoms with E-state index in [-0.39, 0.29) is 11.9 Å². The molecule has 0 heterocycles. The second-order valence-electron chi connectivity index (χ2n) is 3.96. The highest BCUT2D eigenvalue weighted by Crippen LogP contribution is 2.11. The number of primary amides is 1. The van der Waals surface area contributed by atoms with E-state index in [0.717, 1.165) is 12.3 Å². The molecule has 1 atom stereocenters. The fourth-order valence-corrected chi connectivity index (χ4v) is 1.52. The van der Waals surface area contributed by atoms with Gasteiger partial charge in [-0.1, -0.05) is 24.6 Å². The number of rotatable bonds is 7. The normalized spacial score (nSPS) is 12.1. The van der Waals surface area contributed by atoms with Gasteiger partial charge in [0.05, 0.1) is 12.6 Å². The maximum atomic E-state index is 11.1. The first kappa shape index (κ1) is 13.5. The van der Waals surface area contributed by atoms with Crippen molar-refractivity contribution in [3.63, 3.8) is 0 Å². The molecule has 0 aliphatic rings. The highest BCUT2D eigenvalue weighted by molar-refractivity contribution is 5.79. The first-order valence-electron chi connectivity index (χ1n) is 5.85. The van der Waals surface area contributed by atoms with Gasteiger partial charge in [-0.25, -0.2) is 0 Å². The van der Waals surface area contributed by atoms with Gasteiger partial charge in [0.15, 0.2) is 0 Å². The van der Waals surface area contributed by atoms with Crippen LogP contribution in [-0.2, 0) is 4.79 Å². The molecule has 94 valence electrons. The van der Waals surface area contributed by atoms with Crippen molar-refractivity contribution in [2.45, 2.75) is 26.3 Å². The Morgan fingerprint density at radius 3 is 2.59 bits per heavy atom. The fraction of sp³-hybridized carbons (Fsp3) is 0.462. The SMILES string of the molecule is CCNC(CCOc1ccc(C)cc1)C(N)=O. The predicted molar refractivity (Wildman–Crippen MR) is 68.0 cm³/mol. The molecule has 0 aromatic heterocycles. The smallest absolute Gasteiger partial charge is 0.234 e. The molecule has 0 radical (unpaired) electrons. The molecular formula is C13H20N2O2. The van der Waals surface area contributed by atoms with Crippen LogP contribution >= 0.6 is 0 Å². The summed E-state index contributed by atoms with van der Waals surface area (Å²) in [4.78, 5) is 11.1. The van der Waals surface area contributed by atoms with Gasteiger partial charge in [0.25, 0.3) is 0 Å². The molecule has 1 rings (SSSR count). The van der Waals surface area contributed by atoms with Crippen molar-refractivity contribution in [3.05, 3.63) is 29.8 Å². The lowest BCUT2D eigenvalue weighted by atomic mass is 10.2. The monoisotopic (exact) mass is 236 g/mol. The molecule has 0 bridgehead atoms. The minimum absolute atomic E-state index is 0.314. The minimum atomic E-state index is -0.334. The van der Waals surface area contributed by atoms with E-state index >= 15 is 0 Å². The molecule has 3 N–H and O–H groups in total. The average Bonchev–Trinajstić information content (AvgIpc) is 2.30. The number of ether oxygens (including phenoxy) is 1. The van der Waals surface area contributed by atoms with E-state index in [4.69, 9.17) is 10.5 Å². The molecule has 1 aromatic carbocycles. The van der Waals surface area contributed by atoms with Crippen LogP contribution in [-0.4, -0.2) is 25.1 Å². The topological polar surface area (TPSA) is 64.3 Å². The zero-order valence-electron chi connectivity index (χ0n) is 10.4. The van der Waals surface area contributed by atoms with E-state index in [0.29, 0.717) is 13.0 Å². The molecule has 0 spiro atoms. The molecule has 0 saturated heterocycles. The first-order valence-corrected chi connectivity index (χ1v) is 5.85. The van der Waals surface area contributed by atoms with Crippen LogP contribution in [0.1, 0.15) is 18.9 Å². The number of aryl methyl sites for hydroxylation is 1. The number of hydrogen-bond acceptors (Lipinski definition) is 3. The number of carbonyl (C=O) groups is 1. The van der Waals surface area contributed by atoms with Crippen LogP contribution < -0.4 is 15.8 Å². The van der Waals surface area contributed by atoms with Gasteiger partial charge in [0.2, 0.25) is 5.91 Å². The highest BCUT2D eigenvalue weighted by Gasteiger charge is 2.13. The second kappa shape index (κ2) is 6.91. The van der Waals surface area contributed by atoms with Crippen molar-refractivity contribution >= 4 is 5.91 Å². The van der Waals surface area contributed by atoms with Crippen molar-refractivity contribution in [1.29, 1.82) is 0 Å². The van der Waals surface area contributed by atoms with Crippen LogP contribution in [0.15, 0.2) is 24.3 Å². The number of amides is 1. The number of likely N-dealkylation sites (N-methyl/N-ethyl adjacent to an activating group) is 1. The highest BCUT2D eigenvalue weighted by atomic mass is 16.5. The fourth-order valence-electron chi connectivity index (χ4n) is 1.52. The van der Waals surface area contributed by atoms with Crippen LogP contribution in [0.2, 0.25) is 0 Å². The molecule has 1 amide bonds. The molecule has 17 heavy (non-hydrogen) atoms. The third-order valence-corrected chi connectivity index (χ3v) is 2.49. The van der Waals surface area contributed by atoms with Gasteiger partial charge in [0.1, 0.15) is 5.75 Å². The summed E-state index contributed by atoms with van der Waals surface area (Å²) < 4.78 is 5.54. The minimum Gasteiger partial charge on any atom is -0.494 e. The Labute approximate surface area is 102 Å². The Bertz CT molecular complexity index is 349. The molecule has 0 fully saturated rings. The summed E-state index contributed by atoms with van der Waals surface area (Å²) in [6.45, 7) is 5.16. The van der Waals surface area contributed by atoms with E-state index in [1.54, 1.807) is 0 Å². The predicted octanol–water partition coefficient (Wildman–Crippen LogP) is 1.23. The molecule has 4 nitrogen and oxygen atoms in total. The summed E-state index contributed by atoms with van der Waals surface area (Å²) >= 11 is 0. The van der Waals surface area contributed by atoms with Gasteiger partial charge in [-0.2, -0.15) is 0 Å². The van der Waals surface area contributed by atoms with Gasteiger partial charge in [-0.3, -0.25) is 4.79 Å². The standard InChI is InChI=1S/C13H20N2O2/c1-3-15-12(13(14)16)8-9-17-11-6-4-10(2)5-7-11/h4-7,12,15H,3,8-9H2,1-2H3,(H2,14,16). The van der Waals surface area contributed by atoms with Gasteiger partial charge in [0, 0.05) is 6.42 Å². The Hall–Kier alpha value is -1.55. The summed E-state index contributed by atoms with van der Waals surface area (Å²) in [5.74, 6) is 0.481. The van der Waals surface area contributed by atoms with Crippen molar-refractivity contribution in [1.82, 2.24) is 5.32 Å². The maximum absolute atomic E-state index is 11.1. The summed E-state index contributed by atoms with van der Waals surface area (Å²) in [6, 6.07) is 7.51. The zero-order valence-corrected chi connectivity index (χ0v) is 10.4. The summed E-state index contributed by atoms with van der Waals surface area (Å²) in [6.07, 6.45) is 0.580. The molecule has 1 unspecified atom stereocenters. The largest absolute Gasteiger partial charge is 0.494 e. The summed E-state index contributed by atoms with van der Waals surface area (Å²) in [5.41, 5.74) is 6.46. The van der Waals surface area contributed by atoms with Crippen molar-refractivity contribution in [2.75, 3.05) is 13.2 Å². The van der Waals surface area contributed by atoms with Crippen LogP contribution in [0.3, 0.4) is 0 Å². The molecule has 0 aliphatic carbocycles. The number of nitrogens with one attached hydrogen (secondary N) is 1. The summed E-state index contributed by atoms with van der Waals surface area (Å²) in [7, 11) is 0. The van der Waals surface area contributed by atoms with E-state index in [2.05, 4.69) is 5.32 Å². The van der Waals surface area contributed by atoms with Gasteiger partial charge in [-0.05, 0) is 25.6 Å². The van der Waals surface area contributed by atoms with E-state index in [1.165, 1.54) is 5.56 Å². The molecule has 0 aliphatic heterocycles. The second-order valence-corrected chi connectivity index (χ2v) is 3.96. The van der Waals surface area contributed by atoms with Crippen molar-refractivity contribution in [3.8, 4) is 5.75 Å². The third-order valence-electron chi connectivity index (χ3n) is 2.49.